The summed E-state index contributed by atoms with van der Waals surface area (Å²) in [6.07, 6.45) is 4.35. The van der Waals surface area contributed by atoms with Crippen molar-refractivity contribution in [2.45, 2.75) is 64.5 Å². The summed E-state index contributed by atoms with van der Waals surface area (Å²) in [5.74, 6) is 2.06. The second-order valence-corrected chi connectivity index (χ2v) is 6.78. The van der Waals surface area contributed by atoms with E-state index in [4.69, 9.17) is 4.52 Å². The smallest absolute Gasteiger partial charge is 0.244 e. The van der Waals surface area contributed by atoms with Crippen molar-refractivity contribution in [3.05, 3.63) is 11.7 Å². The minimum atomic E-state index is 0.190. The fourth-order valence-electron chi connectivity index (χ4n) is 3.62. The molecule has 1 amide bonds. The van der Waals surface area contributed by atoms with E-state index in [1.807, 2.05) is 4.90 Å². The summed E-state index contributed by atoms with van der Waals surface area (Å²) in [6.45, 7) is 8.64. The highest BCUT2D eigenvalue weighted by molar-refractivity contribution is 5.73. The Kier molecular flexibility index (Phi) is 4.47. The molecule has 0 aromatic carbocycles. The second-order valence-electron chi connectivity index (χ2n) is 6.78. The molecule has 0 radical (unpaired) electrons. The first-order valence-electron chi connectivity index (χ1n) is 8.41. The standard InChI is InChI=1S/C16H26N4O2/c1-11(2)15-17-16(22-18-15)14-5-4-8-20(14)13-6-9-19(10-7-13)12(3)21/h11,13-14H,4-10H2,1-3H3. The van der Waals surface area contributed by atoms with Crippen LogP contribution in [0.3, 0.4) is 0 Å². The first-order chi connectivity index (χ1) is 10.6. The Hall–Kier alpha value is -1.43. The van der Waals surface area contributed by atoms with E-state index in [0.717, 1.165) is 50.6 Å². The van der Waals surface area contributed by atoms with Crippen LogP contribution in [-0.2, 0) is 4.79 Å². The number of hydrogen-bond acceptors (Lipinski definition) is 5. The molecule has 0 saturated carbocycles. The van der Waals surface area contributed by atoms with Crippen LogP contribution in [-0.4, -0.2) is 51.5 Å². The molecule has 0 N–H and O–H groups in total. The predicted molar refractivity (Wildman–Crippen MR) is 82.3 cm³/mol. The zero-order valence-corrected chi connectivity index (χ0v) is 13.8. The van der Waals surface area contributed by atoms with Crippen molar-refractivity contribution < 1.29 is 9.32 Å². The zero-order valence-electron chi connectivity index (χ0n) is 13.8. The molecule has 122 valence electrons. The van der Waals surface area contributed by atoms with Crippen LogP contribution in [0.5, 0.6) is 0 Å². The van der Waals surface area contributed by atoms with Gasteiger partial charge < -0.3 is 9.42 Å². The maximum Gasteiger partial charge on any atom is 0.244 e. The lowest BCUT2D eigenvalue weighted by molar-refractivity contribution is -0.130. The Bertz CT molecular complexity index is 520. The van der Waals surface area contributed by atoms with Gasteiger partial charge in [-0.3, -0.25) is 9.69 Å². The van der Waals surface area contributed by atoms with Crippen molar-refractivity contribution in [1.29, 1.82) is 0 Å². The summed E-state index contributed by atoms with van der Waals surface area (Å²) >= 11 is 0. The molecule has 3 heterocycles. The first kappa shape index (κ1) is 15.5. The SMILES string of the molecule is CC(=O)N1CCC(N2CCCC2c2nc(C(C)C)no2)CC1. The van der Waals surface area contributed by atoms with E-state index >= 15 is 0 Å². The fourth-order valence-corrected chi connectivity index (χ4v) is 3.62. The second kappa shape index (κ2) is 6.36. The highest BCUT2D eigenvalue weighted by Gasteiger charge is 2.37. The average molecular weight is 306 g/mol. The van der Waals surface area contributed by atoms with Crippen LogP contribution in [0.2, 0.25) is 0 Å². The van der Waals surface area contributed by atoms with Gasteiger partial charge in [-0.2, -0.15) is 4.98 Å². The maximum absolute atomic E-state index is 11.5. The number of carbonyl (C=O) groups is 1. The average Bonchev–Trinajstić information content (AvgIpc) is 3.16. The van der Waals surface area contributed by atoms with Crippen molar-refractivity contribution in [3.8, 4) is 0 Å². The van der Waals surface area contributed by atoms with E-state index in [9.17, 15) is 4.79 Å². The Morgan fingerprint density at radius 2 is 1.95 bits per heavy atom. The monoisotopic (exact) mass is 306 g/mol. The van der Waals surface area contributed by atoms with Crippen LogP contribution in [0, 0.1) is 0 Å². The lowest BCUT2D eigenvalue weighted by Gasteiger charge is -2.38. The van der Waals surface area contributed by atoms with Gasteiger partial charge in [0.05, 0.1) is 6.04 Å². The molecule has 1 aromatic rings. The number of likely N-dealkylation sites (tertiary alicyclic amines) is 2. The summed E-state index contributed by atoms with van der Waals surface area (Å²) in [5.41, 5.74) is 0. The van der Waals surface area contributed by atoms with Crippen LogP contribution in [0.1, 0.15) is 70.1 Å². The maximum atomic E-state index is 11.5. The van der Waals surface area contributed by atoms with Gasteiger partial charge >= 0.3 is 0 Å². The van der Waals surface area contributed by atoms with Crippen molar-refractivity contribution in [3.63, 3.8) is 0 Å². The lowest BCUT2D eigenvalue weighted by atomic mass is 10.0. The number of carbonyl (C=O) groups excluding carboxylic acids is 1. The van der Waals surface area contributed by atoms with E-state index < -0.39 is 0 Å². The quantitative estimate of drug-likeness (QED) is 0.857. The van der Waals surface area contributed by atoms with Gasteiger partial charge in [0.25, 0.3) is 0 Å². The van der Waals surface area contributed by atoms with Gasteiger partial charge in [0.1, 0.15) is 0 Å². The molecule has 2 saturated heterocycles. The number of piperidine rings is 1. The van der Waals surface area contributed by atoms with E-state index in [2.05, 4.69) is 28.9 Å². The lowest BCUT2D eigenvalue weighted by Crippen LogP contribution is -2.46. The molecule has 1 atom stereocenters. The third-order valence-electron chi connectivity index (χ3n) is 4.93. The Balaban J connectivity index is 1.67. The van der Waals surface area contributed by atoms with Crippen molar-refractivity contribution in [1.82, 2.24) is 19.9 Å². The molecule has 22 heavy (non-hydrogen) atoms. The van der Waals surface area contributed by atoms with Crippen LogP contribution < -0.4 is 0 Å². The molecular formula is C16H26N4O2. The Labute approximate surface area is 131 Å². The van der Waals surface area contributed by atoms with E-state index in [1.165, 1.54) is 6.42 Å². The van der Waals surface area contributed by atoms with Gasteiger partial charge in [-0.05, 0) is 32.2 Å². The topological polar surface area (TPSA) is 62.5 Å². The molecule has 2 aliphatic rings. The Morgan fingerprint density at radius 3 is 2.55 bits per heavy atom. The number of rotatable bonds is 3. The van der Waals surface area contributed by atoms with Gasteiger partial charge in [-0.1, -0.05) is 19.0 Å². The molecule has 2 aliphatic heterocycles. The highest BCUT2D eigenvalue weighted by Crippen LogP contribution is 2.35. The van der Waals surface area contributed by atoms with E-state index in [1.54, 1.807) is 6.92 Å². The first-order valence-corrected chi connectivity index (χ1v) is 8.41. The molecule has 6 nitrogen and oxygen atoms in total. The molecule has 0 aliphatic carbocycles. The molecule has 3 rings (SSSR count). The molecule has 0 bridgehead atoms. The normalized spacial score (nSPS) is 24.4. The molecule has 2 fully saturated rings. The summed E-state index contributed by atoms with van der Waals surface area (Å²) in [6, 6.07) is 0.784. The van der Waals surface area contributed by atoms with Crippen LogP contribution in [0.25, 0.3) is 0 Å². The van der Waals surface area contributed by atoms with Gasteiger partial charge in [0.15, 0.2) is 5.82 Å². The largest absolute Gasteiger partial charge is 0.343 e. The third-order valence-corrected chi connectivity index (χ3v) is 4.93. The molecular weight excluding hydrogens is 280 g/mol. The van der Waals surface area contributed by atoms with Gasteiger partial charge in [-0.25, -0.2) is 0 Å². The minimum Gasteiger partial charge on any atom is -0.343 e. The molecule has 0 spiro atoms. The van der Waals surface area contributed by atoms with Gasteiger partial charge in [0.2, 0.25) is 11.8 Å². The van der Waals surface area contributed by atoms with Gasteiger partial charge in [-0.15, -0.1) is 0 Å². The minimum absolute atomic E-state index is 0.190. The molecule has 6 heteroatoms. The van der Waals surface area contributed by atoms with Crippen LogP contribution in [0.15, 0.2) is 4.52 Å². The number of nitrogens with zero attached hydrogens (tertiary/aromatic N) is 4. The molecule has 1 aromatic heterocycles. The number of amides is 1. The molecule has 1 unspecified atom stereocenters. The van der Waals surface area contributed by atoms with Gasteiger partial charge in [0, 0.05) is 32.0 Å². The summed E-state index contributed by atoms with van der Waals surface area (Å²) in [7, 11) is 0. The van der Waals surface area contributed by atoms with Crippen molar-refractivity contribution in [2.75, 3.05) is 19.6 Å². The summed E-state index contributed by atoms with van der Waals surface area (Å²) in [4.78, 5) is 20.5. The number of aromatic nitrogens is 2. The Morgan fingerprint density at radius 1 is 1.23 bits per heavy atom. The number of hydrogen-bond donors (Lipinski definition) is 0. The predicted octanol–water partition coefficient (Wildman–Crippen LogP) is 2.34. The summed E-state index contributed by atoms with van der Waals surface area (Å²) < 4.78 is 5.52. The van der Waals surface area contributed by atoms with E-state index in [0.29, 0.717) is 12.0 Å². The highest BCUT2D eigenvalue weighted by atomic mass is 16.5. The summed E-state index contributed by atoms with van der Waals surface area (Å²) in [5, 5.41) is 4.11. The van der Waals surface area contributed by atoms with Crippen LogP contribution >= 0.6 is 0 Å². The van der Waals surface area contributed by atoms with E-state index in [-0.39, 0.29) is 11.9 Å². The van der Waals surface area contributed by atoms with Crippen LogP contribution in [0.4, 0.5) is 0 Å². The third kappa shape index (κ3) is 3.02. The fraction of sp³-hybridized carbons (Fsp3) is 0.812. The van der Waals surface area contributed by atoms with Crippen molar-refractivity contribution in [2.24, 2.45) is 0 Å². The van der Waals surface area contributed by atoms with Crippen molar-refractivity contribution >= 4 is 5.91 Å². The zero-order chi connectivity index (χ0) is 15.7.